The molecule has 1 aromatic rings. The topological polar surface area (TPSA) is 40.5 Å². The van der Waals surface area contributed by atoms with E-state index in [-0.39, 0.29) is 11.5 Å². The van der Waals surface area contributed by atoms with E-state index >= 15 is 0 Å². The summed E-state index contributed by atoms with van der Waals surface area (Å²) in [4.78, 5) is 0. The second-order valence-electron chi connectivity index (χ2n) is 2.62. The number of phenolic OH excluding ortho intramolecular Hbond substituents is 2. The zero-order valence-corrected chi connectivity index (χ0v) is 6.76. The van der Waals surface area contributed by atoms with E-state index in [0.717, 1.165) is 17.5 Å². The summed E-state index contributed by atoms with van der Waals surface area (Å²) in [6, 6.07) is 3.18. The molecular weight excluding hydrogens is 140 g/mol. The van der Waals surface area contributed by atoms with Crippen LogP contribution >= 0.6 is 0 Å². The van der Waals surface area contributed by atoms with Gasteiger partial charge in [-0.25, -0.2) is 0 Å². The molecule has 11 heavy (non-hydrogen) atoms. The maximum atomic E-state index is 9.11. The van der Waals surface area contributed by atoms with E-state index < -0.39 is 0 Å². The van der Waals surface area contributed by atoms with Crippen LogP contribution in [0.5, 0.6) is 11.5 Å². The normalized spacial score (nSPS) is 10.0. The van der Waals surface area contributed by atoms with Crippen molar-refractivity contribution in [2.75, 3.05) is 0 Å². The quantitative estimate of drug-likeness (QED) is 0.604. The van der Waals surface area contributed by atoms with Crippen LogP contribution in [0.4, 0.5) is 0 Å². The Morgan fingerprint density at radius 2 is 1.73 bits per heavy atom. The summed E-state index contributed by atoms with van der Waals surface area (Å²) in [7, 11) is 0. The minimum atomic E-state index is -0.0419. The molecular formula is C9H12O2. The average Bonchev–Trinajstić information content (AvgIpc) is 1.97. The molecule has 0 aliphatic rings. The Kier molecular flexibility index (Phi) is 2.03. The van der Waals surface area contributed by atoms with E-state index in [9.17, 15) is 0 Å². The minimum absolute atomic E-state index is 0.0348. The molecule has 0 aromatic heterocycles. The number of aromatic hydroxyl groups is 2. The largest absolute Gasteiger partial charge is 0.504 e. The van der Waals surface area contributed by atoms with E-state index in [1.54, 1.807) is 12.1 Å². The van der Waals surface area contributed by atoms with Gasteiger partial charge in [-0.05, 0) is 36.6 Å². The molecule has 0 fully saturated rings. The number of aryl methyl sites for hydroxylation is 2. The Labute approximate surface area is 66.1 Å². The van der Waals surface area contributed by atoms with Crippen molar-refractivity contribution in [3.05, 3.63) is 23.3 Å². The lowest BCUT2D eigenvalue weighted by Crippen LogP contribution is -1.85. The summed E-state index contributed by atoms with van der Waals surface area (Å²) in [5.74, 6) is -0.0767. The van der Waals surface area contributed by atoms with E-state index in [4.69, 9.17) is 10.2 Å². The lowest BCUT2D eigenvalue weighted by molar-refractivity contribution is 0.403. The van der Waals surface area contributed by atoms with Crippen molar-refractivity contribution in [3.8, 4) is 11.5 Å². The Bertz CT molecular complexity index is 267. The van der Waals surface area contributed by atoms with Crippen molar-refractivity contribution in [3.63, 3.8) is 0 Å². The second kappa shape index (κ2) is 2.82. The molecule has 0 unspecified atom stereocenters. The first-order chi connectivity index (χ1) is 5.15. The molecule has 2 nitrogen and oxygen atoms in total. The summed E-state index contributed by atoms with van der Waals surface area (Å²) >= 11 is 0. The van der Waals surface area contributed by atoms with Crippen LogP contribution in [0.3, 0.4) is 0 Å². The summed E-state index contributed by atoms with van der Waals surface area (Å²) < 4.78 is 0. The molecule has 0 heterocycles. The van der Waals surface area contributed by atoms with Crippen LogP contribution in [0.2, 0.25) is 0 Å². The average molecular weight is 152 g/mol. The molecule has 0 amide bonds. The minimum Gasteiger partial charge on any atom is -0.504 e. The number of phenols is 2. The molecule has 0 aliphatic heterocycles. The first-order valence-electron chi connectivity index (χ1n) is 3.66. The van der Waals surface area contributed by atoms with Gasteiger partial charge in [-0.1, -0.05) is 6.92 Å². The van der Waals surface area contributed by atoms with Gasteiger partial charge in [0.05, 0.1) is 0 Å². The third-order valence-electron chi connectivity index (χ3n) is 1.81. The van der Waals surface area contributed by atoms with Crippen molar-refractivity contribution in [2.45, 2.75) is 20.3 Å². The third-order valence-corrected chi connectivity index (χ3v) is 1.81. The van der Waals surface area contributed by atoms with Gasteiger partial charge >= 0.3 is 0 Å². The molecule has 0 bridgehead atoms. The SMILES string of the molecule is CCc1cc(O)c(O)cc1C. The van der Waals surface area contributed by atoms with Crippen molar-refractivity contribution >= 4 is 0 Å². The van der Waals surface area contributed by atoms with Gasteiger partial charge in [-0.2, -0.15) is 0 Å². The Morgan fingerprint density at radius 3 is 2.27 bits per heavy atom. The third kappa shape index (κ3) is 1.45. The van der Waals surface area contributed by atoms with Crippen LogP contribution in [-0.4, -0.2) is 10.2 Å². The van der Waals surface area contributed by atoms with Gasteiger partial charge in [0, 0.05) is 0 Å². The summed E-state index contributed by atoms with van der Waals surface area (Å²) in [5.41, 5.74) is 2.09. The van der Waals surface area contributed by atoms with E-state index in [1.807, 2.05) is 13.8 Å². The first kappa shape index (κ1) is 7.92. The zero-order valence-electron chi connectivity index (χ0n) is 6.76. The lowest BCUT2D eigenvalue weighted by Gasteiger charge is -2.04. The Morgan fingerprint density at radius 1 is 1.18 bits per heavy atom. The van der Waals surface area contributed by atoms with Gasteiger partial charge in [0.15, 0.2) is 11.5 Å². The molecule has 0 saturated carbocycles. The number of benzene rings is 1. The summed E-state index contributed by atoms with van der Waals surface area (Å²) in [6.07, 6.45) is 0.875. The fourth-order valence-corrected chi connectivity index (χ4v) is 1.11. The molecule has 2 heteroatoms. The fourth-order valence-electron chi connectivity index (χ4n) is 1.11. The molecule has 0 spiro atoms. The standard InChI is InChI=1S/C9H12O2/c1-3-7-5-9(11)8(10)4-6(7)2/h4-5,10-11H,3H2,1-2H3. The van der Waals surface area contributed by atoms with Crippen molar-refractivity contribution in [1.82, 2.24) is 0 Å². The molecule has 0 aliphatic carbocycles. The molecule has 60 valence electrons. The predicted octanol–water partition coefficient (Wildman–Crippen LogP) is 1.97. The molecule has 1 rings (SSSR count). The van der Waals surface area contributed by atoms with Crippen molar-refractivity contribution in [1.29, 1.82) is 0 Å². The Hall–Kier alpha value is -1.18. The second-order valence-corrected chi connectivity index (χ2v) is 2.62. The molecule has 0 radical (unpaired) electrons. The summed E-state index contributed by atoms with van der Waals surface area (Å²) in [5, 5.41) is 18.2. The van der Waals surface area contributed by atoms with Crippen LogP contribution in [0, 0.1) is 6.92 Å². The predicted molar refractivity (Wildman–Crippen MR) is 43.9 cm³/mol. The van der Waals surface area contributed by atoms with Gasteiger partial charge in [0.2, 0.25) is 0 Å². The van der Waals surface area contributed by atoms with Crippen molar-refractivity contribution < 1.29 is 10.2 Å². The Balaban J connectivity index is 3.21. The van der Waals surface area contributed by atoms with Gasteiger partial charge < -0.3 is 10.2 Å². The maximum Gasteiger partial charge on any atom is 0.157 e. The van der Waals surface area contributed by atoms with Crippen LogP contribution in [-0.2, 0) is 6.42 Å². The van der Waals surface area contributed by atoms with Crippen LogP contribution in [0.25, 0.3) is 0 Å². The van der Waals surface area contributed by atoms with Gasteiger partial charge in [0.25, 0.3) is 0 Å². The van der Waals surface area contributed by atoms with E-state index in [0.29, 0.717) is 0 Å². The maximum absolute atomic E-state index is 9.11. The fraction of sp³-hybridized carbons (Fsp3) is 0.333. The monoisotopic (exact) mass is 152 g/mol. The van der Waals surface area contributed by atoms with Crippen LogP contribution < -0.4 is 0 Å². The number of rotatable bonds is 1. The molecule has 0 atom stereocenters. The summed E-state index contributed by atoms with van der Waals surface area (Å²) in [6.45, 7) is 3.93. The molecule has 1 aromatic carbocycles. The molecule has 2 N–H and O–H groups in total. The van der Waals surface area contributed by atoms with Gasteiger partial charge in [-0.15, -0.1) is 0 Å². The van der Waals surface area contributed by atoms with Crippen LogP contribution in [0.1, 0.15) is 18.1 Å². The highest BCUT2D eigenvalue weighted by Crippen LogP contribution is 2.27. The van der Waals surface area contributed by atoms with Crippen LogP contribution in [0.15, 0.2) is 12.1 Å². The highest BCUT2D eigenvalue weighted by molar-refractivity contribution is 5.44. The van der Waals surface area contributed by atoms with Gasteiger partial charge in [-0.3, -0.25) is 0 Å². The smallest absolute Gasteiger partial charge is 0.157 e. The lowest BCUT2D eigenvalue weighted by atomic mass is 10.1. The van der Waals surface area contributed by atoms with E-state index in [2.05, 4.69) is 0 Å². The number of hydrogen-bond donors (Lipinski definition) is 2. The molecule has 0 saturated heterocycles. The van der Waals surface area contributed by atoms with Crippen molar-refractivity contribution in [2.24, 2.45) is 0 Å². The first-order valence-corrected chi connectivity index (χ1v) is 3.66. The highest BCUT2D eigenvalue weighted by atomic mass is 16.3. The van der Waals surface area contributed by atoms with E-state index in [1.165, 1.54) is 0 Å². The number of hydrogen-bond acceptors (Lipinski definition) is 2. The highest BCUT2D eigenvalue weighted by Gasteiger charge is 2.02. The zero-order chi connectivity index (χ0) is 8.43. The van der Waals surface area contributed by atoms with Gasteiger partial charge in [0.1, 0.15) is 0 Å².